The summed E-state index contributed by atoms with van der Waals surface area (Å²) in [5.41, 5.74) is 0.586. The Morgan fingerprint density at radius 2 is 2.10 bits per heavy atom. The molecule has 0 fully saturated rings. The van der Waals surface area contributed by atoms with Crippen LogP contribution >= 0.6 is 11.6 Å². The van der Waals surface area contributed by atoms with Gasteiger partial charge in [0.25, 0.3) is 15.9 Å². The monoisotopic (exact) mass is 328 g/mol. The van der Waals surface area contributed by atoms with Crippen molar-refractivity contribution < 1.29 is 13.2 Å². The van der Waals surface area contributed by atoms with E-state index in [2.05, 4.69) is 15.0 Å². The molecule has 0 aliphatic carbocycles. The number of amides is 1. The molecule has 0 saturated heterocycles. The summed E-state index contributed by atoms with van der Waals surface area (Å²) in [6, 6.07) is 6.10. The number of nitrogens with zero attached hydrogens (tertiary/aromatic N) is 2. The van der Waals surface area contributed by atoms with Crippen molar-refractivity contribution in [3.05, 3.63) is 41.3 Å². The maximum Gasteiger partial charge on any atom is 0.282 e. The Bertz CT molecular complexity index is 786. The largest absolute Gasteiger partial charge is 0.355 e. The fourth-order valence-electron chi connectivity index (χ4n) is 1.65. The van der Waals surface area contributed by atoms with Crippen molar-refractivity contribution in [2.45, 2.75) is 5.03 Å². The van der Waals surface area contributed by atoms with Gasteiger partial charge in [0.05, 0.1) is 6.33 Å². The third-order valence-corrected chi connectivity index (χ3v) is 4.56. The molecular formula is C12H13ClN4O3S. The lowest BCUT2D eigenvalue weighted by Crippen LogP contribution is -2.18. The maximum absolute atomic E-state index is 12.2. The van der Waals surface area contributed by atoms with Gasteiger partial charge in [-0.15, -0.1) is 0 Å². The number of benzene rings is 1. The van der Waals surface area contributed by atoms with Crippen LogP contribution in [0.2, 0.25) is 5.15 Å². The number of sulfonamides is 1. The van der Waals surface area contributed by atoms with Crippen molar-refractivity contribution in [1.29, 1.82) is 0 Å². The molecule has 0 spiro atoms. The van der Waals surface area contributed by atoms with E-state index in [9.17, 15) is 13.2 Å². The number of hydrogen-bond acceptors (Lipinski definition) is 4. The van der Waals surface area contributed by atoms with Gasteiger partial charge in [0.1, 0.15) is 5.15 Å². The standard InChI is InChI=1S/C12H13ClN4O3S/c1-14-11(18)8-4-3-5-9(6-8)16-21(19,20)12-10(13)17(2)7-15-12/h3-7,16H,1-2H3,(H,14,18). The molecule has 1 aromatic carbocycles. The second kappa shape index (κ2) is 5.74. The fourth-order valence-corrected chi connectivity index (χ4v) is 3.13. The number of aromatic nitrogens is 2. The number of aryl methyl sites for hydroxylation is 1. The molecule has 112 valence electrons. The van der Waals surface area contributed by atoms with E-state index in [0.29, 0.717) is 5.56 Å². The minimum absolute atomic E-state index is 0.00459. The second-order valence-electron chi connectivity index (χ2n) is 4.22. The molecule has 0 saturated carbocycles. The van der Waals surface area contributed by atoms with Gasteiger partial charge in [-0.2, -0.15) is 8.42 Å². The summed E-state index contributed by atoms with van der Waals surface area (Å²) in [5.74, 6) is -0.313. The summed E-state index contributed by atoms with van der Waals surface area (Å²) in [5, 5.41) is 2.20. The van der Waals surface area contributed by atoms with Crippen LogP contribution in [0.1, 0.15) is 10.4 Å². The number of carbonyl (C=O) groups excluding carboxylic acids is 1. The van der Waals surface area contributed by atoms with Gasteiger partial charge in [0.15, 0.2) is 0 Å². The molecule has 0 atom stereocenters. The van der Waals surface area contributed by atoms with Crippen LogP contribution in [-0.4, -0.2) is 30.9 Å². The molecule has 9 heteroatoms. The van der Waals surface area contributed by atoms with Crippen LogP contribution in [0.25, 0.3) is 0 Å². The van der Waals surface area contributed by atoms with Crippen LogP contribution < -0.4 is 10.0 Å². The van der Waals surface area contributed by atoms with E-state index >= 15 is 0 Å². The summed E-state index contributed by atoms with van der Waals surface area (Å²) in [4.78, 5) is 15.3. The Hall–Kier alpha value is -2.06. The molecule has 1 heterocycles. The second-order valence-corrected chi connectivity index (χ2v) is 6.17. The normalized spacial score (nSPS) is 11.2. The highest BCUT2D eigenvalue weighted by Crippen LogP contribution is 2.22. The summed E-state index contributed by atoms with van der Waals surface area (Å²) in [6.45, 7) is 0. The first-order chi connectivity index (χ1) is 9.85. The SMILES string of the molecule is CNC(=O)c1cccc(NS(=O)(=O)c2ncn(C)c2Cl)c1. The van der Waals surface area contributed by atoms with Crippen molar-refractivity contribution in [2.24, 2.45) is 7.05 Å². The van der Waals surface area contributed by atoms with Crippen LogP contribution in [0.15, 0.2) is 35.6 Å². The predicted octanol–water partition coefficient (Wildman–Crippen LogP) is 1.23. The summed E-state index contributed by atoms with van der Waals surface area (Å²) < 4.78 is 28.2. The summed E-state index contributed by atoms with van der Waals surface area (Å²) in [6.07, 6.45) is 1.30. The van der Waals surface area contributed by atoms with Crippen LogP contribution in [0.3, 0.4) is 0 Å². The number of halogens is 1. The molecule has 0 bridgehead atoms. The van der Waals surface area contributed by atoms with Gasteiger partial charge in [-0.1, -0.05) is 17.7 Å². The number of carbonyl (C=O) groups is 1. The molecule has 2 aromatic rings. The molecule has 0 unspecified atom stereocenters. The molecule has 0 aliphatic heterocycles. The smallest absolute Gasteiger partial charge is 0.282 e. The molecule has 1 aromatic heterocycles. The Labute approximate surface area is 127 Å². The van der Waals surface area contributed by atoms with Crippen LogP contribution in [0.4, 0.5) is 5.69 Å². The molecule has 0 aliphatic rings. The fraction of sp³-hybridized carbons (Fsp3) is 0.167. The van der Waals surface area contributed by atoms with E-state index in [1.165, 1.54) is 30.1 Å². The lowest BCUT2D eigenvalue weighted by molar-refractivity contribution is 0.0963. The average molecular weight is 329 g/mol. The van der Waals surface area contributed by atoms with Crippen molar-refractivity contribution in [1.82, 2.24) is 14.9 Å². The van der Waals surface area contributed by atoms with E-state index in [0.717, 1.165) is 0 Å². The highest BCUT2D eigenvalue weighted by molar-refractivity contribution is 7.92. The van der Waals surface area contributed by atoms with Crippen molar-refractivity contribution in [2.75, 3.05) is 11.8 Å². The van der Waals surface area contributed by atoms with Gasteiger partial charge in [-0.25, -0.2) is 4.98 Å². The molecule has 2 rings (SSSR count). The molecule has 1 amide bonds. The third kappa shape index (κ3) is 3.17. The Kier molecular flexibility index (Phi) is 4.19. The number of nitrogens with one attached hydrogen (secondary N) is 2. The first-order valence-corrected chi connectivity index (χ1v) is 7.73. The minimum Gasteiger partial charge on any atom is -0.355 e. The molecule has 2 N–H and O–H groups in total. The first kappa shape index (κ1) is 15.3. The van der Waals surface area contributed by atoms with Crippen molar-refractivity contribution >= 4 is 33.2 Å². The van der Waals surface area contributed by atoms with Gasteiger partial charge >= 0.3 is 0 Å². The zero-order valence-electron chi connectivity index (χ0n) is 11.3. The van der Waals surface area contributed by atoms with Gasteiger partial charge in [-0.3, -0.25) is 9.52 Å². The summed E-state index contributed by atoms with van der Waals surface area (Å²) in [7, 11) is -0.841. The van der Waals surface area contributed by atoms with Gasteiger partial charge in [-0.05, 0) is 18.2 Å². The van der Waals surface area contributed by atoms with E-state index in [1.54, 1.807) is 19.2 Å². The Morgan fingerprint density at radius 3 is 2.67 bits per heavy atom. The third-order valence-electron chi connectivity index (χ3n) is 2.69. The molecule has 7 nitrogen and oxygen atoms in total. The topological polar surface area (TPSA) is 93.1 Å². The Balaban J connectivity index is 2.33. The molecule has 21 heavy (non-hydrogen) atoms. The number of rotatable bonds is 4. The molecular weight excluding hydrogens is 316 g/mol. The van der Waals surface area contributed by atoms with E-state index in [-0.39, 0.29) is 21.8 Å². The minimum atomic E-state index is -3.92. The highest BCUT2D eigenvalue weighted by atomic mass is 35.5. The lowest BCUT2D eigenvalue weighted by Gasteiger charge is -2.08. The van der Waals surface area contributed by atoms with Gasteiger partial charge in [0.2, 0.25) is 5.03 Å². The zero-order valence-corrected chi connectivity index (χ0v) is 12.9. The van der Waals surface area contributed by atoms with Crippen LogP contribution in [0.5, 0.6) is 0 Å². The summed E-state index contributed by atoms with van der Waals surface area (Å²) >= 11 is 5.88. The first-order valence-electron chi connectivity index (χ1n) is 5.87. The van der Waals surface area contributed by atoms with Gasteiger partial charge < -0.3 is 9.88 Å². The zero-order chi connectivity index (χ0) is 15.6. The van der Waals surface area contributed by atoms with Crippen molar-refractivity contribution in [3.63, 3.8) is 0 Å². The number of hydrogen-bond donors (Lipinski definition) is 2. The van der Waals surface area contributed by atoms with Crippen LogP contribution in [-0.2, 0) is 17.1 Å². The molecule has 0 radical (unpaired) electrons. The quantitative estimate of drug-likeness (QED) is 0.883. The van der Waals surface area contributed by atoms with Crippen LogP contribution in [0, 0.1) is 0 Å². The van der Waals surface area contributed by atoms with Crippen molar-refractivity contribution in [3.8, 4) is 0 Å². The predicted molar refractivity (Wildman–Crippen MR) is 78.9 cm³/mol. The maximum atomic E-state index is 12.2. The van der Waals surface area contributed by atoms with E-state index < -0.39 is 10.0 Å². The highest BCUT2D eigenvalue weighted by Gasteiger charge is 2.22. The van der Waals surface area contributed by atoms with E-state index in [4.69, 9.17) is 11.6 Å². The Morgan fingerprint density at radius 1 is 1.38 bits per heavy atom. The average Bonchev–Trinajstić information content (AvgIpc) is 2.78. The lowest BCUT2D eigenvalue weighted by atomic mass is 10.2. The van der Waals surface area contributed by atoms with Gasteiger partial charge in [0, 0.05) is 25.3 Å². The van der Waals surface area contributed by atoms with E-state index in [1.807, 2.05) is 0 Å². The number of anilines is 1. The number of imidazole rings is 1.